The maximum atomic E-state index is 13.0. The summed E-state index contributed by atoms with van der Waals surface area (Å²) in [5.41, 5.74) is 4.39. The third-order valence-electron chi connectivity index (χ3n) is 4.45. The minimum Gasteiger partial charge on any atom is -0.348 e. The van der Waals surface area contributed by atoms with E-state index in [1.807, 2.05) is 48.5 Å². The zero-order valence-electron chi connectivity index (χ0n) is 15.0. The Kier molecular flexibility index (Phi) is 4.77. The maximum absolute atomic E-state index is 13.0. The molecule has 0 radical (unpaired) electrons. The predicted molar refractivity (Wildman–Crippen MR) is 107 cm³/mol. The van der Waals surface area contributed by atoms with Crippen LogP contribution in [0.15, 0.2) is 79.1 Å². The highest BCUT2D eigenvalue weighted by molar-refractivity contribution is 6.07. The Balaban J connectivity index is 1.68. The van der Waals surface area contributed by atoms with Gasteiger partial charge in [-0.1, -0.05) is 30.3 Å². The molecule has 2 heterocycles. The van der Waals surface area contributed by atoms with Gasteiger partial charge in [0, 0.05) is 29.9 Å². The average molecular weight is 364 g/mol. The van der Waals surface area contributed by atoms with E-state index in [0.717, 1.165) is 27.7 Å². The van der Waals surface area contributed by atoms with Crippen LogP contribution in [0.5, 0.6) is 0 Å². The molecule has 0 aliphatic heterocycles. The SMILES string of the molecule is N#Cc1cccc(CNC(=O)c2cc(-c3ccncc3)nc3ccccc23)c1. The number of nitrogens with zero attached hydrogens (tertiary/aromatic N) is 3. The first kappa shape index (κ1) is 17.4. The lowest BCUT2D eigenvalue weighted by molar-refractivity contribution is 0.0952. The van der Waals surface area contributed by atoms with Crippen molar-refractivity contribution in [3.8, 4) is 17.3 Å². The van der Waals surface area contributed by atoms with Crippen molar-refractivity contribution in [2.75, 3.05) is 0 Å². The second-order valence-corrected chi connectivity index (χ2v) is 6.30. The van der Waals surface area contributed by atoms with Crippen LogP contribution in [-0.4, -0.2) is 15.9 Å². The van der Waals surface area contributed by atoms with Gasteiger partial charge in [0.1, 0.15) is 0 Å². The van der Waals surface area contributed by atoms with Gasteiger partial charge in [0.05, 0.1) is 28.4 Å². The molecule has 28 heavy (non-hydrogen) atoms. The number of benzene rings is 2. The number of pyridine rings is 2. The van der Waals surface area contributed by atoms with E-state index in [4.69, 9.17) is 5.26 Å². The Morgan fingerprint density at radius 1 is 1.00 bits per heavy atom. The number of hydrogen-bond donors (Lipinski definition) is 1. The summed E-state index contributed by atoms with van der Waals surface area (Å²) in [6.45, 7) is 0.343. The van der Waals surface area contributed by atoms with Crippen LogP contribution in [0.1, 0.15) is 21.5 Å². The van der Waals surface area contributed by atoms with E-state index in [1.165, 1.54) is 0 Å². The average Bonchev–Trinajstić information content (AvgIpc) is 2.77. The molecule has 0 atom stereocenters. The summed E-state index contributed by atoms with van der Waals surface area (Å²) in [6.07, 6.45) is 3.41. The number of amides is 1. The first-order valence-corrected chi connectivity index (χ1v) is 8.82. The van der Waals surface area contributed by atoms with Crippen molar-refractivity contribution in [2.45, 2.75) is 6.54 Å². The molecule has 4 aromatic rings. The maximum Gasteiger partial charge on any atom is 0.252 e. The van der Waals surface area contributed by atoms with Crippen LogP contribution in [-0.2, 0) is 6.54 Å². The van der Waals surface area contributed by atoms with Gasteiger partial charge in [-0.2, -0.15) is 5.26 Å². The largest absolute Gasteiger partial charge is 0.348 e. The first-order valence-electron chi connectivity index (χ1n) is 8.82. The van der Waals surface area contributed by atoms with Crippen LogP contribution < -0.4 is 5.32 Å². The van der Waals surface area contributed by atoms with E-state index < -0.39 is 0 Å². The minimum absolute atomic E-state index is 0.184. The van der Waals surface area contributed by atoms with Crippen molar-refractivity contribution in [3.05, 3.63) is 95.8 Å². The molecule has 0 saturated heterocycles. The fourth-order valence-corrected chi connectivity index (χ4v) is 3.06. The van der Waals surface area contributed by atoms with Crippen molar-refractivity contribution in [2.24, 2.45) is 0 Å². The zero-order valence-corrected chi connectivity index (χ0v) is 15.0. The molecule has 2 aromatic heterocycles. The standard InChI is InChI=1S/C23H16N4O/c24-14-16-4-3-5-17(12-16)15-26-23(28)20-13-22(18-8-10-25-11-9-18)27-21-7-2-1-6-19(20)21/h1-13H,15H2,(H,26,28). The molecule has 0 bridgehead atoms. The molecule has 1 amide bonds. The fourth-order valence-electron chi connectivity index (χ4n) is 3.06. The smallest absolute Gasteiger partial charge is 0.252 e. The van der Waals surface area contributed by atoms with Crippen LogP contribution in [0.3, 0.4) is 0 Å². The number of para-hydroxylation sites is 1. The van der Waals surface area contributed by atoms with E-state index in [1.54, 1.807) is 30.6 Å². The molecule has 4 rings (SSSR count). The third kappa shape index (κ3) is 3.57. The minimum atomic E-state index is -0.184. The molecule has 5 nitrogen and oxygen atoms in total. The highest BCUT2D eigenvalue weighted by Gasteiger charge is 2.14. The van der Waals surface area contributed by atoms with Gasteiger partial charge in [0.25, 0.3) is 5.91 Å². The molecular weight excluding hydrogens is 348 g/mol. The molecule has 134 valence electrons. The van der Waals surface area contributed by atoms with E-state index >= 15 is 0 Å². The summed E-state index contributed by atoms with van der Waals surface area (Å²) < 4.78 is 0. The van der Waals surface area contributed by atoms with Crippen molar-refractivity contribution >= 4 is 16.8 Å². The molecule has 0 aliphatic rings. The zero-order chi connectivity index (χ0) is 19.3. The molecule has 0 unspecified atom stereocenters. The number of nitriles is 1. The number of carbonyl (C=O) groups excluding carboxylic acids is 1. The molecule has 5 heteroatoms. The lowest BCUT2D eigenvalue weighted by atomic mass is 10.0. The van der Waals surface area contributed by atoms with Crippen LogP contribution in [0, 0.1) is 11.3 Å². The van der Waals surface area contributed by atoms with Gasteiger partial charge in [-0.15, -0.1) is 0 Å². The quantitative estimate of drug-likeness (QED) is 0.591. The van der Waals surface area contributed by atoms with Crippen molar-refractivity contribution in [1.82, 2.24) is 15.3 Å². The number of aromatic nitrogens is 2. The summed E-state index contributed by atoms with van der Waals surface area (Å²) in [4.78, 5) is 21.7. The Labute approximate surface area is 162 Å². The molecule has 0 spiro atoms. The molecule has 0 aliphatic carbocycles. The van der Waals surface area contributed by atoms with Gasteiger partial charge in [0.2, 0.25) is 0 Å². The second-order valence-electron chi connectivity index (χ2n) is 6.30. The van der Waals surface area contributed by atoms with Crippen molar-refractivity contribution in [3.63, 3.8) is 0 Å². The summed E-state index contributed by atoms with van der Waals surface area (Å²) in [6, 6.07) is 22.4. The summed E-state index contributed by atoms with van der Waals surface area (Å²) in [5, 5.41) is 12.8. The van der Waals surface area contributed by atoms with Crippen LogP contribution in [0.2, 0.25) is 0 Å². The molecule has 1 N–H and O–H groups in total. The Morgan fingerprint density at radius 2 is 1.82 bits per heavy atom. The van der Waals surface area contributed by atoms with Crippen LogP contribution >= 0.6 is 0 Å². The van der Waals surface area contributed by atoms with Gasteiger partial charge < -0.3 is 5.32 Å². The van der Waals surface area contributed by atoms with E-state index in [9.17, 15) is 4.79 Å². The van der Waals surface area contributed by atoms with Gasteiger partial charge in [-0.3, -0.25) is 9.78 Å². The van der Waals surface area contributed by atoms with Gasteiger partial charge >= 0.3 is 0 Å². The first-order chi connectivity index (χ1) is 13.7. The topological polar surface area (TPSA) is 78.7 Å². The Hall–Kier alpha value is -4.04. The van der Waals surface area contributed by atoms with Gasteiger partial charge in [-0.05, 0) is 42.0 Å². The van der Waals surface area contributed by atoms with Crippen LogP contribution in [0.4, 0.5) is 0 Å². The molecule has 2 aromatic carbocycles. The van der Waals surface area contributed by atoms with Gasteiger partial charge in [-0.25, -0.2) is 4.98 Å². The van der Waals surface area contributed by atoms with E-state index in [-0.39, 0.29) is 5.91 Å². The molecular formula is C23H16N4O. The number of fused-ring (bicyclic) bond motifs is 1. The lowest BCUT2D eigenvalue weighted by Gasteiger charge is -2.11. The number of nitrogens with one attached hydrogen (secondary N) is 1. The monoisotopic (exact) mass is 364 g/mol. The van der Waals surface area contributed by atoms with E-state index in [2.05, 4.69) is 21.4 Å². The fraction of sp³-hybridized carbons (Fsp3) is 0.0435. The van der Waals surface area contributed by atoms with Gasteiger partial charge in [0.15, 0.2) is 0 Å². The third-order valence-corrected chi connectivity index (χ3v) is 4.45. The predicted octanol–water partition coefficient (Wildman–Crippen LogP) is 4.10. The number of hydrogen-bond acceptors (Lipinski definition) is 4. The highest BCUT2D eigenvalue weighted by Crippen LogP contribution is 2.24. The Bertz CT molecular complexity index is 1200. The van der Waals surface area contributed by atoms with Crippen molar-refractivity contribution < 1.29 is 4.79 Å². The highest BCUT2D eigenvalue weighted by atomic mass is 16.1. The van der Waals surface area contributed by atoms with Crippen LogP contribution in [0.25, 0.3) is 22.2 Å². The summed E-state index contributed by atoms with van der Waals surface area (Å²) >= 11 is 0. The molecule has 0 saturated carbocycles. The number of carbonyl (C=O) groups is 1. The lowest BCUT2D eigenvalue weighted by Crippen LogP contribution is -2.23. The second kappa shape index (κ2) is 7.68. The van der Waals surface area contributed by atoms with Crippen molar-refractivity contribution in [1.29, 1.82) is 5.26 Å². The summed E-state index contributed by atoms with van der Waals surface area (Å²) in [5.74, 6) is -0.184. The Morgan fingerprint density at radius 3 is 2.64 bits per heavy atom. The number of rotatable bonds is 4. The summed E-state index contributed by atoms with van der Waals surface area (Å²) in [7, 11) is 0. The normalized spacial score (nSPS) is 10.4. The van der Waals surface area contributed by atoms with E-state index in [0.29, 0.717) is 17.7 Å². The molecule has 0 fully saturated rings.